The molecule has 0 aromatic carbocycles. The predicted molar refractivity (Wildman–Crippen MR) is 83.8 cm³/mol. The summed E-state index contributed by atoms with van der Waals surface area (Å²) in [6.07, 6.45) is 7.28. The largest absolute Gasteiger partial charge is 0.374 e. The second-order valence-corrected chi connectivity index (χ2v) is 6.36. The first-order chi connectivity index (χ1) is 10.2. The normalized spacial score (nSPS) is 33.8. The van der Waals surface area contributed by atoms with Gasteiger partial charge in [0.15, 0.2) is 0 Å². The van der Waals surface area contributed by atoms with E-state index in [1.54, 1.807) is 6.20 Å². The molecule has 1 amide bonds. The summed E-state index contributed by atoms with van der Waals surface area (Å²) in [5.74, 6) is 1.28. The van der Waals surface area contributed by atoms with Crippen LogP contribution in [0.1, 0.15) is 31.1 Å². The second kappa shape index (κ2) is 6.18. The molecule has 0 aliphatic carbocycles. The van der Waals surface area contributed by atoms with Gasteiger partial charge in [-0.2, -0.15) is 0 Å². The van der Waals surface area contributed by atoms with E-state index in [1.165, 1.54) is 0 Å². The number of aryl methyl sites for hydroxylation is 1. The van der Waals surface area contributed by atoms with Gasteiger partial charge in [-0.1, -0.05) is 0 Å². The highest BCUT2D eigenvalue weighted by atomic mass is 35.5. The van der Waals surface area contributed by atoms with Gasteiger partial charge in [-0.15, -0.1) is 12.4 Å². The predicted octanol–water partition coefficient (Wildman–Crippen LogP) is 0.882. The van der Waals surface area contributed by atoms with Gasteiger partial charge in [0.2, 0.25) is 5.91 Å². The van der Waals surface area contributed by atoms with Crippen LogP contribution in [0.5, 0.6) is 0 Å². The van der Waals surface area contributed by atoms with E-state index < -0.39 is 0 Å². The molecule has 4 heterocycles. The van der Waals surface area contributed by atoms with Crippen LogP contribution >= 0.6 is 12.4 Å². The fraction of sp³-hybridized carbons (Fsp3) is 0.733. The Kier molecular flexibility index (Phi) is 4.43. The molecule has 1 aromatic rings. The highest BCUT2D eigenvalue weighted by molar-refractivity contribution is 5.85. The van der Waals surface area contributed by atoms with Gasteiger partial charge >= 0.3 is 0 Å². The number of hydrogen-bond acceptors (Lipinski definition) is 4. The summed E-state index contributed by atoms with van der Waals surface area (Å²) in [5, 5.41) is 3.38. The van der Waals surface area contributed by atoms with Gasteiger partial charge in [0, 0.05) is 39.1 Å². The van der Waals surface area contributed by atoms with E-state index in [4.69, 9.17) is 4.74 Å². The van der Waals surface area contributed by atoms with Gasteiger partial charge in [-0.3, -0.25) is 4.79 Å². The number of rotatable bonds is 2. The van der Waals surface area contributed by atoms with Crippen molar-refractivity contribution in [1.82, 2.24) is 19.8 Å². The number of fused-ring (bicyclic) bond motifs is 2. The second-order valence-electron chi connectivity index (χ2n) is 6.36. The van der Waals surface area contributed by atoms with Crippen LogP contribution in [0.3, 0.4) is 0 Å². The fourth-order valence-corrected chi connectivity index (χ4v) is 4.01. The first-order valence-corrected chi connectivity index (χ1v) is 7.88. The van der Waals surface area contributed by atoms with E-state index in [9.17, 15) is 4.79 Å². The molecule has 4 atom stereocenters. The highest BCUT2D eigenvalue weighted by Crippen LogP contribution is 2.40. The summed E-state index contributed by atoms with van der Waals surface area (Å²) >= 11 is 0. The number of nitrogens with zero attached hydrogens (tertiary/aromatic N) is 3. The molecule has 4 rings (SSSR count). The number of aromatic nitrogens is 2. The number of halogens is 1. The number of hydrogen-bond donors (Lipinski definition) is 1. The molecule has 0 saturated carbocycles. The Morgan fingerprint density at radius 2 is 2.32 bits per heavy atom. The third-order valence-corrected chi connectivity index (χ3v) is 5.11. The van der Waals surface area contributed by atoms with E-state index in [0.717, 1.165) is 44.7 Å². The monoisotopic (exact) mass is 326 g/mol. The minimum Gasteiger partial charge on any atom is -0.374 e. The minimum atomic E-state index is 0. The zero-order chi connectivity index (χ0) is 14.4. The summed E-state index contributed by atoms with van der Waals surface area (Å²) in [4.78, 5) is 19.5. The Labute approximate surface area is 136 Å². The molecule has 22 heavy (non-hydrogen) atoms. The van der Waals surface area contributed by atoms with Crippen LogP contribution in [0.15, 0.2) is 12.4 Å². The Balaban J connectivity index is 0.00000144. The molecule has 6 nitrogen and oxygen atoms in total. The molecule has 4 unspecified atom stereocenters. The van der Waals surface area contributed by atoms with E-state index in [-0.39, 0.29) is 36.4 Å². The van der Waals surface area contributed by atoms with Crippen molar-refractivity contribution < 1.29 is 9.53 Å². The lowest BCUT2D eigenvalue weighted by atomic mass is 9.87. The molecule has 3 aliphatic rings. The van der Waals surface area contributed by atoms with E-state index >= 15 is 0 Å². The SMILES string of the molecule is Cl.Cn1ccnc1C1CNCCN1C(=O)C1CC2CCC1O2. The molecule has 1 aromatic heterocycles. The molecule has 0 spiro atoms. The molecule has 0 radical (unpaired) electrons. The lowest BCUT2D eigenvalue weighted by Crippen LogP contribution is -2.52. The summed E-state index contributed by atoms with van der Waals surface area (Å²) < 4.78 is 7.87. The van der Waals surface area contributed by atoms with Gasteiger partial charge < -0.3 is 19.5 Å². The third kappa shape index (κ3) is 2.53. The summed E-state index contributed by atoms with van der Waals surface area (Å²) in [6, 6.07) is 0.0328. The Morgan fingerprint density at radius 3 is 2.95 bits per heavy atom. The number of nitrogens with one attached hydrogen (secondary N) is 1. The first kappa shape index (κ1) is 15.8. The maximum atomic E-state index is 13.0. The Morgan fingerprint density at radius 1 is 1.45 bits per heavy atom. The van der Waals surface area contributed by atoms with E-state index in [0.29, 0.717) is 6.10 Å². The molecular formula is C15H23ClN4O2. The molecule has 3 fully saturated rings. The van der Waals surface area contributed by atoms with Gasteiger partial charge in [0.05, 0.1) is 18.1 Å². The number of amides is 1. The van der Waals surface area contributed by atoms with Crippen LogP contribution in [0, 0.1) is 5.92 Å². The highest BCUT2D eigenvalue weighted by Gasteiger charge is 2.47. The number of imidazole rings is 1. The standard InChI is InChI=1S/C15H22N4O2.ClH/c1-18-6-5-17-14(18)12-9-16-4-7-19(12)15(20)11-8-10-2-3-13(11)21-10;/h5-6,10-13,16H,2-4,7-9H2,1H3;1H. The maximum absolute atomic E-state index is 13.0. The molecule has 122 valence electrons. The lowest BCUT2D eigenvalue weighted by Gasteiger charge is -2.38. The average molecular weight is 327 g/mol. The number of carbonyl (C=O) groups excluding carboxylic acids is 1. The van der Waals surface area contributed by atoms with Gasteiger partial charge in [0.25, 0.3) is 0 Å². The number of carbonyl (C=O) groups is 1. The van der Waals surface area contributed by atoms with Gasteiger partial charge in [-0.25, -0.2) is 4.98 Å². The van der Waals surface area contributed by atoms with E-state index in [2.05, 4.69) is 10.3 Å². The van der Waals surface area contributed by atoms with Gasteiger partial charge in [-0.05, 0) is 19.3 Å². The van der Waals surface area contributed by atoms with Crippen molar-refractivity contribution in [3.63, 3.8) is 0 Å². The Bertz CT molecular complexity index is 549. The molecule has 2 bridgehead atoms. The van der Waals surface area contributed by atoms with E-state index in [1.807, 2.05) is 22.7 Å². The molecular weight excluding hydrogens is 304 g/mol. The molecule has 7 heteroatoms. The quantitative estimate of drug-likeness (QED) is 0.876. The van der Waals surface area contributed by atoms with Crippen molar-refractivity contribution in [2.75, 3.05) is 19.6 Å². The van der Waals surface area contributed by atoms with Crippen molar-refractivity contribution in [3.8, 4) is 0 Å². The first-order valence-electron chi connectivity index (χ1n) is 7.88. The average Bonchev–Trinajstić information content (AvgIpc) is 3.22. The van der Waals surface area contributed by atoms with Crippen LogP contribution < -0.4 is 5.32 Å². The minimum absolute atomic E-state index is 0. The van der Waals surface area contributed by atoms with Crippen LogP contribution in [0.4, 0.5) is 0 Å². The van der Waals surface area contributed by atoms with Crippen LogP contribution in [-0.2, 0) is 16.6 Å². The molecule has 3 saturated heterocycles. The topological polar surface area (TPSA) is 59.4 Å². The zero-order valence-electron chi connectivity index (χ0n) is 12.8. The lowest BCUT2D eigenvalue weighted by molar-refractivity contribution is -0.140. The number of piperazine rings is 1. The fourth-order valence-electron chi connectivity index (χ4n) is 4.01. The maximum Gasteiger partial charge on any atom is 0.229 e. The summed E-state index contributed by atoms with van der Waals surface area (Å²) in [7, 11) is 1.99. The van der Waals surface area contributed by atoms with Crippen LogP contribution in [0.2, 0.25) is 0 Å². The Hall–Kier alpha value is -1.11. The summed E-state index contributed by atoms with van der Waals surface area (Å²) in [6.45, 7) is 2.39. The third-order valence-electron chi connectivity index (χ3n) is 5.11. The molecule has 1 N–H and O–H groups in total. The smallest absolute Gasteiger partial charge is 0.229 e. The summed E-state index contributed by atoms with van der Waals surface area (Å²) in [5.41, 5.74) is 0. The number of ether oxygens (including phenoxy) is 1. The van der Waals surface area contributed by atoms with Crippen molar-refractivity contribution in [1.29, 1.82) is 0 Å². The zero-order valence-corrected chi connectivity index (χ0v) is 13.6. The van der Waals surface area contributed by atoms with Crippen molar-refractivity contribution in [3.05, 3.63) is 18.2 Å². The van der Waals surface area contributed by atoms with Crippen molar-refractivity contribution in [2.45, 2.75) is 37.5 Å². The molecule has 3 aliphatic heterocycles. The van der Waals surface area contributed by atoms with Crippen LogP contribution in [-0.4, -0.2) is 52.2 Å². The van der Waals surface area contributed by atoms with Crippen molar-refractivity contribution in [2.24, 2.45) is 13.0 Å². The van der Waals surface area contributed by atoms with Gasteiger partial charge in [0.1, 0.15) is 11.9 Å². The van der Waals surface area contributed by atoms with Crippen LogP contribution in [0.25, 0.3) is 0 Å². The van der Waals surface area contributed by atoms with Crippen molar-refractivity contribution >= 4 is 18.3 Å².